The maximum atomic E-state index is 11.3. The van der Waals surface area contributed by atoms with Gasteiger partial charge in [0.1, 0.15) is 0 Å². The smallest absolute Gasteiger partial charge is 0.307 e. The molecule has 25 heavy (non-hydrogen) atoms. The highest BCUT2D eigenvalue weighted by Crippen LogP contribution is 2.43. The zero-order chi connectivity index (χ0) is 18.7. The zero-order valence-electron chi connectivity index (χ0n) is 13.1. The first kappa shape index (κ1) is 19.0. The molecule has 136 valence electrons. The molecule has 0 saturated heterocycles. The van der Waals surface area contributed by atoms with Gasteiger partial charge in [0.15, 0.2) is 0 Å². The van der Waals surface area contributed by atoms with Crippen LogP contribution in [0.3, 0.4) is 0 Å². The molecule has 0 heterocycles. The SMILES string of the molecule is O=C(O)C1CC=C(SC2=CCC(C(=O)O)C(C(=O)O)C2)CC1C(=O)O. The molecule has 0 radical (unpaired) electrons. The number of hydrogen-bond acceptors (Lipinski definition) is 5. The Morgan fingerprint density at radius 1 is 0.680 bits per heavy atom. The van der Waals surface area contributed by atoms with Crippen LogP contribution in [-0.4, -0.2) is 44.3 Å². The average molecular weight is 370 g/mol. The normalized spacial score (nSPS) is 29.3. The van der Waals surface area contributed by atoms with Gasteiger partial charge < -0.3 is 20.4 Å². The molecule has 0 aromatic heterocycles. The molecule has 0 aromatic rings. The van der Waals surface area contributed by atoms with Gasteiger partial charge in [-0.1, -0.05) is 23.9 Å². The van der Waals surface area contributed by atoms with Crippen molar-refractivity contribution in [1.82, 2.24) is 0 Å². The third-order valence-corrected chi connectivity index (χ3v) is 5.73. The fourth-order valence-electron chi connectivity index (χ4n) is 3.13. The summed E-state index contributed by atoms with van der Waals surface area (Å²) in [6.07, 6.45) is 3.67. The summed E-state index contributed by atoms with van der Waals surface area (Å²) in [6, 6.07) is 0. The van der Waals surface area contributed by atoms with E-state index in [9.17, 15) is 29.4 Å². The predicted molar refractivity (Wildman–Crippen MR) is 86.7 cm³/mol. The summed E-state index contributed by atoms with van der Waals surface area (Å²) in [5.74, 6) is -8.68. The fraction of sp³-hybridized carbons (Fsp3) is 0.500. The number of aliphatic carboxylic acids is 4. The number of rotatable bonds is 6. The standard InChI is InChI=1S/C16H18O8S/c17-13(18)9-3-1-7(5-11(9)15(21)22)25-8-2-4-10(14(19)20)12(6-8)16(23)24/h1-2,9-12H,3-6H2,(H,17,18)(H,19,20)(H,21,22)(H,23,24). The van der Waals surface area contributed by atoms with Crippen LogP contribution in [-0.2, 0) is 19.2 Å². The van der Waals surface area contributed by atoms with E-state index in [1.165, 1.54) is 11.8 Å². The van der Waals surface area contributed by atoms with Gasteiger partial charge in [0, 0.05) is 0 Å². The van der Waals surface area contributed by atoms with E-state index in [4.69, 9.17) is 10.2 Å². The minimum absolute atomic E-state index is 0.0639. The maximum Gasteiger partial charge on any atom is 0.307 e. The molecule has 8 nitrogen and oxygen atoms in total. The van der Waals surface area contributed by atoms with Crippen LogP contribution < -0.4 is 0 Å². The molecule has 4 N–H and O–H groups in total. The van der Waals surface area contributed by atoms with Crippen molar-refractivity contribution >= 4 is 35.6 Å². The van der Waals surface area contributed by atoms with Gasteiger partial charge in [0.2, 0.25) is 0 Å². The highest BCUT2D eigenvalue weighted by molar-refractivity contribution is 8.06. The molecular formula is C16H18O8S. The summed E-state index contributed by atoms with van der Waals surface area (Å²) in [5, 5.41) is 36.7. The minimum Gasteiger partial charge on any atom is -0.481 e. The van der Waals surface area contributed by atoms with E-state index in [1.807, 2.05) is 0 Å². The van der Waals surface area contributed by atoms with Crippen molar-refractivity contribution in [3.8, 4) is 0 Å². The zero-order valence-corrected chi connectivity index (χ0v) is 13.9. The Bertz CT molecular complexity index is 609. The molecule has 2 aliphatic carbocycles. The molecule has 0 amide bonds. The van der Waals surface area contributed by atoms with Crippen LogP contribution >= 0.6 is 11.8 Å². The Labute approximate surface area is 147 Å². The van der Waals surface area contributed by atoms with Gasteiger partial charge in [0.05, 0.1) is 23.7 Å². The topological polar surface area (TPSA) is 149 Å². The lowest BCUT2D eigenvalue weighted by Gasteiger charge is -2.28. The van der Waals surface area contributed by atoms with E-state index >= 15 is 0 Å². The van der Waals surface area contributed by atoms with Gasteiger partial charge in [-0.25, -0.2) is 0 Å². The van der Waals surface area contributed by atoms with Crippen molar-refractivity contribution in [2.24, 2.45) is 23.7 Å². The molecule has 4 unspecified atom stereocenters. The summed E-state index contributed by atoms with van der Waals surface area (Å²) in [6.45, 7) is 0. The molecule has 0 spiro atoms. The van der Waals surface area contributed by atoms with Gasteiger partial charge in [0.25, 0.3) is 0 Å². The van der Waals surface area contributed by atoms with Crippen molar-refractivity contribution in [2.45, 2.75) is 25.7 Å². The highest BCUT2D eigenvalue weighted by atomic mass is 32.2. The highest BCUT2D eigenvalue weighted by Gasteiger charge is 2.39. The van der Waals surface area contributed by atoms with Gasteiger partial charge in [-0.15, -0.1) is 0 Å². The van der Waals surface area contributed by atoms with E-state index < -0.39 is 47.5 Å². The lowest BCUT2D eigenvalue weighted by molar-refractivity contribution is -0.153. The van der Waals surface area contributed by atoms with Gasteiger partial charge in [-0.2, -0.15) is 0 Å². The van der Waals surface area contributed by atoms with Crippen LogP contribution in [0.2, 0.25) is 0 Å². The van der Waals surface area contributed by atoms with E-state index in [0.29, 0.717) is 9.81 Å². The van der Waals surface area contributed by atoms with E-state index in [1.54, 1.807) is 12.2 Å². The third-order valence-electron chi connectivity index (χ3n) is 4.54. The molecule has 2 rings (SSSR count). The Morgan fingerprint density at radius 3 is 1.28 bits per heavy atom. The summed E-state index contributed by atoms with van der Waals surface area (Å²) in [7, 11) is 0. The summed E-state index contributed by atoms with van der Waals surface area (Å²) < 4.78 is 0. The van der Waals surface area contributed by atoms with E-state index in [-0.39, 0.29) is 25.7 Å². The Kier molecular flexibility index (Phi) is 5.89. The van der Waals surface area contributed by atoms with E-state index in [2.05, 4.69) is 0 Å². The fourth-order valence-corrected chi connectivity index (χ4v) is 4.35. The number of thioether (sulfide) groups is 1. The lowest BCUT2D eigenvalue weighted by Crippen LogP contribution is -2.32. The van der Waals surface area contributed by atoms with Crippen LogP contribution in [0.5, 0.6) is 0 Å². The second-order valence-corrected chi connectivity index (χ2v) is 7.35. The first-order chi connectivity index (χ1) is 11.7. The van der Waals surface area contributed by atoms with Crippen LogP contribution in [0.25, 0.3) is 0 Å². The Morgan fingerprint density at radius 2 is 1.00 bits per heavy atom. The van der Waals surface area contributed by atoms with Crippen LogP contribution in [0, 0.1) is 23.7 Å². The molecule has 0 aliphatic heterocycles. The summed E-state index contributed by atoms with van der Waals surface area (Å²) in [4.78, 5) is 46.3. The summed E-state index contributed by atoms with van der Waals surface area (Å²) in [5.41, 5.74) is 0. The number of allylic oxidation sites excluding steroid dienone is 4. The molecule has 0 fully saturated rings. The quantitative estimate of drug-likeness (QED) is 0.549. The molecule has 2 aliphatic rings. The van der Waals surface area contributed by atoms with Gasteiger partial charge >= 0.3 is 23.9 Å². The second kappa shape index (κ2) is 7.73. The number of carboxylic acids is 4. The van der Waals surface area contributed by atoms with Crippen LogP contribution in [0.15, 0.2) is 22.0 Å². The van der Waals surface area contributed by atoms with E-state index in [0.717, 1.165) is 0 Å². The third kappa shape index (κ3) is 4.41. The van der Waals surface area contributed by atoms with Crippen molar-refractivity contribution in [1.29, 1.82) is 0 Å². The van der Waals surface area contributed by atoms with Crippen molar-refractivity contribution in [3.63, 3.8) is 0 Å². The molecule has 9 heteroatoms. The number of hydrogen-bond donors (Lipinski definition) is 4. The molecule has 0 bridgehead atoms. The molecule has 4 atom stereocenters. The number of carboxylic acid groups (broad SMARTS) is 4. The first-order valence-electron chi connectivity index (χ1n) is 7.67. The number of carbonyl (C=O) groups is 4. The average Bonchev–Trinajstić information content (AvgIpc) is 2.54. The second-order valence-electron chi connectivity index (χ2n) is 6.10. The largest absolute Gasteiger partial charge is 0.481 e. The molecule has 0 aromatic carbocycles. The lowest BCUT2D eigenvalue weighted by atomic mass is 9.83. The monoisotopic (exact) mass is 370 g/mol. The minimum atomic E-state index is -1.18. The van der Waals surface area contributed by atoms with Crippen LogP contribution in [0.4, 0.5) is 0 Å². The maximum absolute atomic E-state index is 11.3. The Hall–Kier alpha value is -2.29. The summed E-state index contributed by atoms with van der Waals surface area (Å²) >= 11 is 1.22. The van der Waals surface area contributed by atoms with Crippen LogP contribution in [0.1, 0.15) is 25.7 Å². The van der Waals surface area contributed by atoms with Crippen molar-refractivity contribution < 1.29 is 39.6 Å². The van der Waals surface area contributed by atoms with Crippen molar-refractivity contribution in [3.05, 3.63) is 22.0 Å². The molecular weight excluding hydrogens is 352 g/mol. The van der Waals surface area contributed by atoms with Crippen molar-refractivity contribution in [2.75, 3.05) is 0 Å². The van der Waals surface area contributed by atoms with Gasteiger partial charge in [-0.3, -0.25) is 19.2 Å². The van der Waals surface area contributed by atoms with Gasteiger partial charge in [-0.05, 0) is 35.5 Å². The Balaban J connectivity index is 2.12. The first-order valence-corrected chi connectivity index (χ1v) is 8.49. The predicted octanol–water partition coefficient (Wildman–Crippen LogP) is 1.88. The molecule has 0 saturated carbocycles.